The summed E-state index contributed by atoms with van der Waals surface area (Å²) in [5.41, 5.74) is 3.11. The Labute approximate surface area is 426 Å². The molecule has 22 heteroatoms. The van der Waals surface area contributed by atoms with Gasteiger partial charge in [0.15, 0.2) is 0 Å². The number of nitrogens with zero attached hydrogens (tertiary/aromatic N) is 7. The number of hydrogen-bond donors (Lipinski definition) is 3. The summed E-state index contributed by atoms with van der Waals surface area (Å²) in [7, 11) is 2.99. The van der Waals surface area contributed by atoms with E-state index < -0.39 is 83.5 Å². The molecule has 3 aromatic heterocycles. The van der Waals surface area contributed by atoms with Crippen molar-refractivity contribution in [2.24, 2.45) is 11.3 Å². The predicted molar refractivity (Wildman–Crippen MR) is 266 cm³/mol. The van der Waals surface area contributed by atoms with E-state index in [9.17, 15) is 37.5 Å². The summed E-state index contributed by atoms with van der Waals surface area (Å²) in [4.78, 5) is 71.5. The Kier molecular flexibility index (Phi) is 15.8. The van der Waals surface area contributed by atoms with E-state index in [1.54, 1.807) is 45.3 Å². The van der Waals surface area contributed by atoms with Gasteiger partial charge in [-0.1, -0.05) is 27.7 Å². The number of morpholine rings is 1. The summed E-state index contributed by atoms with van der Waals surface area (Å²) in [5, 5.41) is 17.2. The highest BCUT2D eigenvalue weighted by molar-refractivity contribution is 7.10. The summed E-state index contributed by atoms with van der Waals surface area (Å²) >= 11 is 1.11. The Bertz CT molecular complexity index is 2700. The second kappa shape index (κ2) is 21.4. The van der Waals surface area contributed by atoms with Crippen LogP contribution in [0, 0.1) is 17.2 Å². The van der Waals surface area contributed by atoms with Gasteiger partial charge in [-0.25, -0.2) is 19.6 Å². The molecule has 73 heavy (non-hydrogen) atoms. The molecule has 4 aromatic rings. The molecule has 17 nitrogen and oxygen atoms in total. The number of esters is 1. The number of methoxy groups -OCH3 is 1. The van der Waals surface area contributed by atoms with Crippen LogP contribution in [0.4, 0.5) is 28.0 Å². The number of β-amino-alcohol motifs (C(OH)–C–C–N with tert-alkyl or cyclic N) is 1. The van der Waals surface area contributed by atoms with Crippen molar-refractivity contribution in [1.82, 2.24) is 40.1 Å². The zero-order valence-electron chi connectivity index (χ0n) is 42.7. The smallest absolute Gasteiger partial charge is 0.406 e. The highest BCUT2D eigenvalue weighted by atomic mass is 32.1. The number of likely N-dealkylation sites (N-methyl/N-ethyl adjacent to an activating group) is 1. The fourth-order valence-electron chi connectivity index (χ4n) is 10.6. The van der Waals surface area contributed by atoms with Gasteiger partial charge in [0.05, 0.1) is 77.6 Å². The van der Waals surface area contributed by atoms with E-state index in [0.29, 0.717) is 91.4 Å². The Hall–Kier alpha value is -5.42. The number of hydrogen-bond acceptors (Lipinski definition) is 13. The Morgan fingerprint density at radius 3 is 2.49 bits per heavy atom. The van der Waals surface area contributed by atoms with Gasteiger partial charge in [0, 0.05) is 74.1 Å². The van der Waals surface area contributed by atoms with Crippen molar-refractivity contribution < 1.29 is 56.1 Å². The number of rotatable bonds is 9. The number of fused-ring (bicyclic) bond motifs is 6. The standard InChI is InChI=1S/C51H67F4N9O8S/c1-29(2)43(60(7)48(68)62-13-10-12-50(6,69)26-62)45(65)58-38-22-41-57-39(25-73-41)33-20-32-35(23-49(4,5)28-72-47(67)37-11-9-14-64(59-37)46(38)66)44(63(27-51(53,54)55)40(32)21-36(33)52)34-19-31(61-15-17-71-18-16-61)24-56-42(34)30(3)70-8/h19-21,24-25,29-30,37-38,43,59,69H,9-18,22-23,26-28H2,1-8H3,(H,58,65)/t30-,37-,38-,43-,50+/m0/s1. The van der Waals surface area contributed by atoms with Crippen molar-refractivity contribution in [3.8, 4) is 22.5 Å². The zero-order valence-corrected chi connectivity index (χ0v) is 43.6. The van der Waals surface area contributed by atoms with E-state index in [1.807, 2.05) is 18.7 Å². The van der Waals surface area contributed by atoms with Gasteiger partial charge in [0.25, 0.3) is 5.91 Å². The molecule has 4 aliphatic rings. The van der Waals surface area contributed by atoms with Crippen LogP contribution in [0.25, 0.3) is 33.4 Å². The van der Waals surface area contributed by atoms with E-state index in [-0.39, 0.29) is 55.0 Å². The first kappa shape index (κ1) is 53.9. The highest BCUT2D eigenvalue weighted by Gasteiger charge is 2.41. The van der Waals surface area contributed by atoms with E-state index >= 15 is 4.39 Å². The molecule has 0 aliphatic carbocycles. The number of hydrazine groups is 1. The van der Waals surface area contributed by atoms with Gasteiger partial charge in [0.1, 0.15) is 30.5 Å². The predicted octanol–water partition coefficient (Wildman–Crippen LogP) is 6.64. The number of halogens is 4. The number of thiazole rings is 1. The lowest BCUT2D eigenvalue weighted by Gasteiger charge is -2.41. The summed E-state index contributed by atoms with van der Waals surface area (Å²) in [6.45, 7) is 11.6. The third kappa shape index (κ3) is 11.9. The number of ether oxygens (including phenoxy) is 3. The molecule has 8 rings (SSSR count). The van der Waals surface area contributed by atoms with Crippen LogP contribution in [-0.2, 0) is 48.0 Å². The monoisotopic (exact) mass is 1040 g/mol. The van der Waals surface area contributed by atoms with Crippen LogP contribution in [-0.4, -0.2) is 155 Å². The molecule has 5 atom stereocenters. The first-order valence-electron chi connectivity index (χ1n) is 24.9. The van der Waals surface area contributed by atoms with Crippen LogP contribution in [0.2, 0.25) is 0 Å². The third-order valence-corrected chi connectivity index (χ3v) is 15.1. The Morgan fingerprint density at radius 2 is 1.81 bits per heavy atom. The lowest BCUT2D eigenvalue weighted by molar-refractivity contribution is -0.155. The van der Waals surface area contributed by atoms with Crippen molar-refractivity contribution in [1.29, 1.82) is 0 Å². The molecule has 0 unspecified atom stereocenters. The number of cyclic esters (lactones) is 1. The summed E-state index contributed by atoms with van der Waals surface area (Å²) in [5.74, 6) is -3.14. The average Bonchev–Trinajstić information content (AvgIpc) is 3.91. The molecule has 4 aliphatic heterocycles. The van der Waals surface area contributed by atoms with Crippen LogP contribution < -0.4 is 15.6 Å². The molecule has 1 aromatic carbocycles. The molecule has 3 saturated heterocycles. The van der Waals surface area contributed by atoms with Gasteiger partial charge in [0.2, 0.25) is 5.91 Å². The first-order valence-corrected chi connectivity index (χ1v) is 25.8. The number of aliphatic hydroxyl groups is 1. The molecule has 3 N–H and O–H groups in total. The van der Waals surface area contributed by atoms with Crippen LogP contribution >= 0.6 is 11.3 Å². The van der Waals surface area contributed by atoms with Gasteiger partial charge in [-0.15, -0.1) is 11.3 Å². The van der Waals surface area contributed by atoms with Gasteiger partial charge >= 0.3 is 18.2 Å². The quantitative estimate of drug-likeness (QED) is 0.120. The number of urea groups is 1. The fraction of sp³-hybridized carbons (Fsp3) is 0.608. The van der Waals surface area contributed by atoms with E-state index in [4.69, 9.17) is 24.2 Å². The van der Waals surface area contributed by atoms with Crippen LogP contribution in [0.5, 0.6) is 0 Å². The van der Waals surface area contributed by atoms with Gasteiger partial charge in [-0.05, 0) is 75.6 Å². The minimum Gasteiger partial charge on any atom is -0.464 e. The van der Waals surface area contributed by atoms with Gasteiger partial charge in [-0.3, -0.25) is 24.4 Å². The number of amides is 4. The minimum absolute atomic E-state index is 0.00728. The van der Waals surface area contributed by atoms with Gasteiger partial charge in [-0.2, -0.15) is 13.2 Å². The van der Waals surface area contributed by atoms with Crippen molar-refractivity contribution in [3.05, 3.63) is 51.9 Å². The van der Waals surface area contributed by atoms with E-state index in [1.165, 1.54) is 35.0 Å². The second-order valence-corrected chi connectivity index (χ2v) is 22.2. The number of carbonyl (C=O) groups is 4. The van der Waals surface area contributed by atoms with E-state index in [0.717, 1.165) is 22.0 Å². The normalized spacial score (nSPS) is 23.0. The third-order valence-electron chi connectivity index (χ3n) is 14.3. The number of piperidine rings is 1. The summed E-state index contributed by atoms with van der Waals surface area (Å²) in [6.07, 6.45) is -2.06. The Balaban J connectivity index is 1.25. The number of anilines is 1. The molecule has 0 saturated carbocycles. The maximum Gasteiger partial charge on any atom is 0.406 e. The summed E-state index contributed by atoms with van der Waals surface area (Å²) in [6, 6.07) is 0.631. The molecule has 0 spiro atoms. The lowest BCUT2D eigenvalue weighted by atomic mass is 9.84. The van der Waals surface area contributed by atoms with Crippen molar-refractivity contribution in [2.45, 2.75) is 123 Å². The number of pyridine rings is 1. The minimum atomic E-state index is -4.75. The number of nitrogens with one attached hydrogen (secondary N) is 2. The Morgan fingerprint density at radius 1 is 1.07 bits per heavy atom. The van der Waals surface area contributed by atoms with Crippen LogP contribution in [0.3, 0.4) is 0 Å². The molecular weight excluding hydrogens is 975 g/mol. The topological polar surface area (TPSA) is 184 Å². The van der Waals surface area contributed by atoms with Crippen molar-refractivity contribution >= 4 is 51.7 Å². The largest absolute Gasteiger partial charge is 0.464 e. The SMILES string of the molecule is CO[C@@H](C)c1ncc(N2CCOCC2)cc1-c1c2c3cc(c(F)cc3n1CC(F)(F)F)-c1csc(n1)C[C@H](NC(=O)[C@H](C(C)C)N(C)C(=O)N1CCC[C@@](C)(O)C1)C(=O)N1CCC[C@H](N1)C(=O)OCC(C)(C)C2. The highest BCUT2D eigenvalue weighted by Crippen LogP contribution is 2.45. The zero-order chi connectivity index (χ0) is 52.7. The number of aromatic nitrogens is 3. The molecule has 3 fully saturated rings. The number of likely N-dealkylation sites (tertiary alicyclic amines) is 1. The number of alkyl halides is 3. The lowest BCUT2D eigenvalue weighted by Crippen LogP contribution is -2.63. The van der Waals surface area contributed by atoms with Crippen LogP contribution in [0.15, 0.2) is 29.8 Å². The molecule has 6 bridgehead atoms. The summed E-state index contributed by atoms with van der Waals surface area (Å²) < 4.78 is 80.3. The maximum absolute atomic E-state index is 16.9. The number of benzene rings is 1. The second-order valence-electron chi connectivity index (χ2n) is 21.2. The molecular formula is C51H67F4N9O8S. The molecule has 7 heterocycles. The van der Waals surface area contributed by atoms with Gasteiger partial charge < -0.3 is 43.9 Å². The molecule has 4 amide bonds. The average molecular weight is 1040 g/mol. The fourth-order valence-corrected chi connectivity index (χ4v) is 11.4. The molecule has 398 valence electrons. The van der Waals surface area contributed by atoms with E-state index in [2.05, 4.69) is 10.7 Å². The molecule has 0 radical (unpaired) electrons. The van der Waals surface area contributed by atoms with Crippen LogP contribution in [0.1, 0.15) is 89.6 Å². The van der Waals surface area contributed by atoms with Crippen molar-refractivity contribution in [3.63, 3.8) is 0 Å². The number of carbonyl (C=O) groups excluding carboxylic acids is 4. The van der Waals surface area contributed by atoms with Crippen molar-refractivity contribution in [2.75, 3.05) is 71.6 Å². The first-order chi connectivity index (χ1) is 34.4. The maximum atomic E-state index is 16.9.